The zero-order valence-electron chi connectivity index (χ0n) is 17.4. The quantitative estimate of drug-likeness (QED) is 0.440. The van der Waals surface area contributed by atoms with Gasteiger partial charge in [0.05, 0.1) is 11.0 Å². The molecule has 0 radical (unpaired) electrons. The summed E-state index contributed by atoms with van der Waals surface area (Å²) >= 11 is 0. The number of aromatic nitrogens is 7. The Kier molecular flexibility index (Phi) is 4.26. The fourth-order valence-electron chi connectivity index (χ4n) is 4.83. The van der Waals surface area contributed by atoms with Crippen molar-refractivity contribution >= 4 is 21.8 Å². The molecule has 0 atom stereocenters. The molecule has 1 aliphatic rings. The van der Waals surface area contributed by atoms with Crippen LogP contribution in [0.2, 0.25) is 0 Å². The number of aryl methyl sites for hydroxylation is 1. The average molecular weight is 409 g/mol. The molecular weight excluding hydrogens is 386 g/mol. The van der Waals surface area contributed by atoms with Gasteiger partial charge in [-0.05, 0) is 60.7 Å². The molecule has 0 amide bonds. The molecule has 1 aliphatic carbocycles. The van der Waals surface area contributed by atoms with Crippen molar-refractivity contribution in [3.63, 3.8) is 0 Å². The van der Waals surface area contributed by atoms with E-state index < -0.39 is 0 Å². The maximum atomic E-state index is 5.11. The molecule has 0 saturated heterocycles. The molecule has 3 heterocycles. The van der Waals surface area contributed by atoms with Gasteiger partial charge in [-0.3, -0.25) is 4.98 Å². The van der Waals surface area contributed by atoms with Gasteiger partial charge in [0.2, 0.25) is 5.82 Å². The van der Waals surface area contributed by atoms with Gasteiger partial charge in [0.15, 0.2) is 0 Å². The molecule has 1 fully saturated rings. The predicted molar refractivity (Wildman–Crippen MR) is 121 cm³/mol. The summed E-state index contributed by atoms with van der Waals surface area (Å²) in [4.78, 5) is 9.60. The predicted octanol–water partition coefficient (Wildman–Crippen LogP) is 5.25. The maximum absolute atomic E-state index is 5.11. The second-order valence-electron chi connectivity index (χ2n) is 8.42. The van der Waals surface area contributed by atoms with Crippen molar-refractivity contribution < 1.29 is 0 Å². The molecule has 1 saturated carbocycles. The third-order valence-corrected chi connectivity index (χ3v) is 6.35. The molecule has 31 heavy (non-hydrogen) atoms. The van der Waals surface area contributed by atoms with Gasteiger partial charge in [-0.2, -0.15) is 5.21 Å². The minimum Gasteiger partial charge on any atom is -0.321 e. The average Bonchev–Trinajstić information content (AvgIpc) is 3.47. The molecule has 2 aromatic carbocycles. The number of H-pyrrole nitrogens is 1. The van der Waals surface area contributed by atoms with Crippen molar-refractivity contribution in [2.45, 2.75) is 45.1 Å². The van der Waals surface area contributed by atoms with Crippen molar-refractivity contribution in [2.75, 3.05) is 0 Å². The van der Waals surface area contributed by atoms with Crippen LogP contribution in [0.4, 0.5) is 0 Å². The van der Waals surface area contributed by atoms with Gasteiger partial charge in [0.1, 0.15) is 5.82 Å². The molecule has 5 aromatic rings. The van der Waals surface area contributed by atoms with Gasteiger partial charge in [-0.15, -0.1) is 10.2 Å². The number of fused-ring (bicyclic) bond motifs is 2. The Hall–Kier alpha value is -3.61. The van der Waals surface area contributed by atoms with Crippen LogP contribution in [0.5, 0.6) is 0 Å². The van der Waals surface area contributed by atoms with E-state index in [2.05, 4.69) is 72.6 Å². The highest BCUT2D eigenvalue weighted by Gasteiger charge is 2.23. The molecule has 6 rings (SSSR count). The van der Waals surface area contributed by atoms with E-state index in [0.717, 1.165) is 39.1 Å². The highest BCUT2D eigenvalue weighted by Crippen LogP contribution is 2.37. The number of pyridine rings is 1. The Labute approximate surface area is 179 Å². The first kappa shape index (κ1) is 18.2. The maximum Gasteiger partial charge on any atom is 0.204 e. The van der Waals surface area contributed by atoms with E-state index in [1.165, 1.54) is 37.5 Å². The SMILES string of the molecule is Cc1cc2ccc(-c3nc4cc(-c5nn[nH]n5)ccc4n3C3CCCCC3)cc2cn1. The highest BCUT2D eigenvalue weighted by atomic mass is 15.5. The number of imidazole rings is 1. The molecule has 1 N–H and O–H groups in total. The molecule has 7 nitrogen and oxygen atoms in total. The van der Waals surface area contributed by atoms with Crippen LogP contribution < -0.4 is 0 Å². The normalized spacial score (nSPS) is 15.1. The summed E-state index contributed by atoms with van der Waals surface area (Å²) in [6.45, 7) is 2.02. The fourth-order valence-corrected chi connectivity index (χ4v) is 4.83. The van der Waals surface area contributed by atoms with Crippen LogP contribution in [-0.2, 0) is 0 Å². The van der Waals surface area contributed by atoms with Crippen LogP contribution in [0.15, 0.2) is 48.7 Å². The number of tetrazole rings is 1. The first-order valence-electron chi connectivity index (χ1n) is 10.9. The van der Waals surface area contributed by atoms with E-state index in [0.29, 0.717) is 11.9 Å². The van der Waals surface area contributed by atoms with Gasteiger partial charge >= 0.3 is 0 Å². The smallest absolute Gasteiger partial charge is 0.204 e. The van der Waals surface area contributed by atoms with Crippen molar-refractivity contribution in [1.29, 1.82) is 0 Å². The van der Waals surface area contributed by atoms with E-state index in [1.807, 2.05) is 13.1 Å². The van der Waals surface area contributed by atoms with E-state index >= 15 is 0 Å². The summed E-state index contributed by atoms with van der Waals surface area (Å²) in [5, 5.41) is 16.8. The molecule has 0 bridgehead atoms. The largest absolute Gasteiger partial charge is 0.321 e. The Morgan fingerprint density at radius 3 is 2.65 bits per heavy atom. The van der Waals surface area contributed by atoms with Crippen LogP contribution in [0.1, 0.15) is 43.8 Å². The minimum absolute atomic E-state index is 0.469. The van der Waals surface area contributed by atoms with E-state index in [4.69, 9.17) is 4.98 Å². The lowest BCUT2D eigenvalue weighted by Crippen LogP contribution is -2.14. The van der Waals surface area contributed by atoms with Crippen LogP contribution in [0.3, 0.4) is 0 Å². The van der Waals surface area contributed by atoms with Gasteiger partial charge in [0, 0.05) is 34.4 Å². The van der Waals surface area contributed by atoms with Crippen molar-refractivity contribution in [3.05, 3.63) is 54.4 Å². The number of nitrogens with zero attached hydrogens (tertiary/aromatic N) is 6. The molecular formula is C24H23N7. The lowest BCUT2D eigenvalue weighted by molar-refractivity contribution is 0.362. The first-order chi connectivity index (χ1) is 15.3. The second kappa shape index (κ2) is 7.27. The van der Waals surface area contributed by atoms with Gasteiger partial charge in [0.25, 0.3) is 0 Å². The molecule has 0 spiro atoms. The first-order valence-corrected chi connectivity index (χ1v) is 10.9. The summed E-state index contributed by atoms with van der Waals surface area (Å²) in [7, 11) is 0. The summed E-state index contributed by atoms with van der Waals surface area (Å²) in [6.07, 6.45) is 8.20. The Morgan fingerprint density at radius 2 is 1.81 bits per heavy atom. The van der Waals surface area contributed by atoms with Gasteiger partial charge in [-0.25, -0.2) is 4.98 Å². The van der Waals surface area contributed by atoms with Crippen molar-refractivity contribution in [1.82, 2.24) is 35.2 Å². The van der Waals surface area contributed by atoms with Crippen LogP contribution in [-0.4, -0.2) is 35.2 Å². The van der Waals surface area contributed by atoms with Crippen molar-refractivity contribution in [2.24, 2.45) is 0 Å². The van der Waals surface area contributed by atoms with E-state index in [9.17, 15) is 0 Å². The van der Waals surface area contributed by atoms with E-state index in [-0.39, 0.29) is 0 Å². The number of hydrogen-bond acceptors (Lipinski definition) is 5. The van der Waals surface area contributed by atoms with Gasteiger partial charge < -0.3 is 4.57 Å². The number of aromatic amines is 1. The second-order valence-corrected chi connectivity index (χ2v) is 8.42. The Balaban J connectivity index is 1.55. The van der Waals surface area contributed by atoms with Crippen LogP contribution in [0, 0.1) is 6.92 Å². The molecule has 0 aliphatic heterocycles. The number of benzene rings is 2. The zero-order chi connectivity index (χ0) is 20.8. The third-order valence-electron chi connectivity index (χ3n) is 6.35. The highest BCUT2D eigenvalue weighted by molar-refractivity contribution is 5.89. The monoisotopic (exact) mass is 409 g/mol. The molecule has 3 aromatic heterocycles. The third kappa shape index (κ3) is 3.17. The summed E-state index contributed by atoms with van der Waals surface area (Å²) < 4.78 is 2.46. The van der Waals surface area contributed by atoms with E-state index in [1.54, 1.807) is 0 Å². The standard InChI is InChI=1S/C24H23N7/c1-15-11-16-7-8-18(12-19(16)14-25-15)24-26-21-13-17(23-27-29-30-28-23)9-10-22(21)31(24)20-5-3-2-4-6-20/h7-14,20H,2-6H2,1H3,(H,27,28,29,30). The Morgan fingerprint density at radius 1 is 0.935 bits per heavy atom. The summed E-state index contributed by atoms with van der Waals surface area (Å²) in [6, 6.07) is 15.4. The lowest BCUT2D eigenvalue weighted by Gasteiger charge is -2.25. The fraction of sp³-hybridized carbons (Fsp3) is 0.292. The lowest BCUT2D eigenvalue weighted by atomic mass is 9.94. The molecule has 154 valence electrons. The zero-order valence-corrected chi connectivity index (χ0v) is 17.4. The summed E-state index contributed by atoms with van der Waals surface area (Å²) in [5.74, 6) is 1.61. The van der Waals surface area contributed by atoms with Crippen molar-refractivity contribution in [3.8, 4) is 22.8 Å². The van der Waals surface area contributed by atoms with Gasteiger partial charge in [-0.1, -0.05) is 31.4 Å². The minimum atomic E-state index is 0.469. The number of hydrogen-bond donors (Lipinski definition) is 1. The van der Waals surface area contributed by atoms with Crippen LogP contribution >= 0.6 is 0 Å². The Bertz CT molecular complexity index is 1380. The van der Waals surface area contributed by atoms with Crippen LogP contribution in [0.25, 0.3) is 44.6 Å². The topological polar surface area (TPSA) is 85.2 Å². The number of rotatable bonds is 3. The molecule has 7 heteroatoms. The summed E-state index contributed by atoms with van der Waals surface area (Å²) in [5.41, 5.74) is 5.20. The molecule has 0 unspecified atom stereocenters. The number of nitrogens with one attached hydrogen (secondary N) is 1.